The molecule has 20 heavy (non-hydrogen) atoms. The molecule has 5 heteroatoms. The van der Waals surface area contributed by atoms with Crippen LogP contribution >= 0.6 is 0 Å². The molecule has 3 nitrogen and oxygen atoms in total. The van der Waals surface area contributed by atoms with Gasteiger partial charge >= 0.3 is 18.9 Å². The second kappa shape index (κ2) is 7.23. The first-order valence-corrected chi connectivity index (χ1v) is 5.94. The number of aromatic nitrogens is 1. The van der Waals surface area contributed by atoms with Crippen molar-refractivity contribution in [2.45, 2.75) is 19.3 Å². The third-order valence-corrected chi connectivity index (χ3v) is 3.02. The van der Waals surface area contributed by atoms with E-state index in [0.717, 1.165) is 11.1 Å². The molecule has 1 atom stereocenters. The van der Waals surface area contributed by atoms with E-state index in [9.17, 15) is 14.3 Å². The second-order valence-electron chi connectivity index (χ2n) is 4.41. The molecule has 2 rings (SSSR count). The maximum absolute atomic E-state index is 12.8. The minimum atomic E-state index is -1.17. The van der Waals surface area contributed by atoms with Crippen LogP contribution < -0.4 is 24.0 Å². The summed E-state index contributed by atoms with van der Waals surface area (Å²) in [5.41, 5.74) is 2.03. The van der Waals surface area contributed by atoms with Crippen LogP contribution in [-0.4, -0.2) is 11.0 Å². The van der Waals surface area contributed by atoms with Crippen LogP contribution in [-0.2, 0) is 11.2 Å². The normalized spacial score (nSPS) is 11.5. The number of aliphatic carboxylic acids is 1. The first-order valence-electron chi connectivity index (χ1n) is 5.94. The molecule has 1 unspecified atom stereocenters. The van der Waals surface area contributed by atoms with Gasteiger partial charge in [-0.2, -0.15) is 0 Å². The number of carboxylic acid groups (broad SMARTS) is 1. The van der Waals surface area contributed by atoms with E-state index >= 15 is 0 Å². The van der Waals surface area contributed by atoms with E-state index in [-0.39, 0.29) is 31.1 Å². The summed E-state index contributed by atoms with van der Waals surface area (Å²) in [6, 6.07) is 9.33. The van der Waals surface area contributed by atoms with Crippen LogP contribution in [0.1, 0.15) is 22.7 Å². The van der Waals surface area contributed by atoms with Crippen molar-refractivity contribution in [1.29, 1.82) is 0 Å². The molecule has 98 valence electrons. The molecule has 0 spiro atoms. The van der Waals surface area contributed by atoms with E-state index in [2.05, 4.69) is 4.98 Å². The van der Waals surface area contributed by atoms with Gasteiger partial charge in [-0.05, 0) is 42.7 Å². The van der Waals surface area contributed by atoms with E-state index in [1.165, 1.54) is 12.1 Å². The number of nitrogens with zero attached hydrogens (tertiary/aromatic N) is 1. The van der Waals surface area contributed by atoms with Gasteiger partial charge in [0.25, 0.3) is 0 Å². The van der Waals surface area contributed by atoms with Crippen molar-refractivity contribution >= 4 is 5.97 Å². The first kappa shape index (κ1) is 16.4. The van der Waals surface area contributed by atoms with Crippen molar-refractivity contribution in [3.63, 3.8) is 0 Å². The van der Waals surface area contributed by atoms with Gasteiger partial charge in [0.2, 0.25) is 0 Å². The van der Waals surface area contributed by atoms with Crippen LogP contribution in [0.5, 0.6) is 0 Å². The Bertz CT molecular complexity index is 587. The van der Waals surface area contributed by atoms with Crippen LogP contribution in [0.3, 0.4) is 0 Å². The monoisotopic (exact) mass is 265 g/mol. The third kappa shape index (κ3) is 3.93. The summed E-state index contributed by atoms with van der Waals surface area (Å²) in [4.78, 5) is 15.4. The Morgan fingerprint density at radius 1 is 1.30 bits per heavy atom. The summed E-state index contributed by atoms with van der Waals surface area (Å²) in [6.07, 6.45) is 1.80. The summed E-state index contributed by atoms with van der Waals surface area (Å²) in [6.45, 7) is 1.81. The van der Waals surface area contributed by atoms with Crippen LogP contribution in [0.25, 0.3) is 0 Å². The molecule has 0 aliphatic rings. The number of carboxylic acids is 1. The molecule has 0 amide bonds. The molecule has 0 saturated carbocycles. The average molecular weight is 265 g/mol. The Balaban J connectivity index is 0.00000200. The van der Waals surface area contributed by atoms with Crippen LogP contribution in [0.2, 0.25) is 0 Å². The number of rotatable bonds is 4. The fourth-order valence-electron chi connectivity index (χ4n) is 2.01. The van der Waals surface area contributed by atoms with Gasteiger partial charge in [0.05, 0.1) is 11.7 Å². The van der Waals surface area contributed by atoms with Crippen molar-refractivity contribution in [2.24, 2.45) is 0 Å². The van der Waals surface area contributed by atoms with Gasteiger partial charge in [-0.25, -0.2) is 4.39 Å². The summed E-state index contributed by atoms with van der Waals surface area (Å²) < 4.78 is 12.8. The Labute approximate surface area is 129 Å². The molecule has 1 aromatic heterocycles. The SMILES string of the molecule is Cc1cccnc1C(Cc1ccc(F)cc1)C(=O)[O-].[Li+]. The van der Waals surface area contributed by atoms with Gasteiger partial charge in [0.15, 0.2) is 0 Å². The zero-order chi connectivity index (χ0) is 13.8. The topological polar surface area (TPSA) is 53.0 Å². The maximum Gasteiger partial charge on any atom is 1.00 e. The third-order valence-electron chi connectivity index (χ3n) is 3.02. The Morgan fingerprint density at radius 3 is 2.50 bits per heavy atom. The number of carbonyl (C=O) groups is 1. The molecule has 0 N–H and O–H groups in total. The van der Waals surface area contributed by atoms with Gasteiger partial charge < -0.3 is 9.90 Å². The molecule has 0 aliphatic carbocycles. The summed E-state index contributed by atoms with van der Waals surface area (Å²) in [5.74, 6) is -2.35. The second-order valence-corrected chi connectivity index (χ2v) is 4.41. The number of hydrogen-bond donors (Lipinski definition) is 0. The molecule has 1 aromatic carbocycles. The van der Waals surface area contributed by atoms with Crippen LogP contribution in [0.4, 0.5) is 4.39 Å². The zero-order valence-electron chi connectivity index (χ0n) is 11.5. The number of hydrogen-bond acceptors (Lipinski definition) is 3. The molecule has 0 aliphatic heterocycles. The summed E-state index contributed by atoms with van der Waals surface area (Å²) in [7, 11) is 0. The fraction of sp³-hybridized carbons (Fsp3) is 0.200. The standard InChI is InChI=1S/C15H14FNO2.Li/c1-10-3-2-8-17-14(10)13(15(18)19)9-11-4-6-12(16)7-5-11;/h2-8,13H,9H2,1H3,(H,18,19);/q;+1/p-1. The molecule has 2 aromatic rings. The Hall–Kier alpha value is -1.63. The predicted molar refractivity (Wildman–Crippen MR) is 66.8 cm³/mol. The molecule has 0 saturated heterocycles. The smallest absolute Gasteiger partial charge is 0.549 e. The van der Waals surface area contributed by atoms with Gasteiger partial charge in [-0.1, -0.05) is 18.2 Å². The van der Waals surface area contributed by atoms with Crippen molar-refractivity contribution in [1.82, 2.24) is 4.98 Å². The first-order chi connectivity index (χ1) is 9.08. The Kier molecular flexibility index (Phi) is 5.94. The number of halogens is 1. The number of carbonyl (C=O) groups excluding carboxylic acids is 1. The van der Waals surface area contributed by atoms with E-state index in [0.29, 0.717) is 5.69 Å². The van der Waals surface area contributed by atoms with Gasteiger partial charge in [0, 0.05) is 12.1 Å². The van der Waals surface area contributed by atoms with Crippen molar-refractivity contribution in [3.8, 4) is 0 Å². The van der Waals surface area contributed by atoms with Gasteiger partial charge in [-0.3, -0.25) is 4.98 Å². The average Bonchev–Trinajstić information content (AvgIpc) is 2.39. The number of pyridine rings is 1. The Morgan fingerprint density at radius 2 is 1.95 bits per heavy atom. The predicted octanol–water partition coefficient (Wildman–Crippen LogP) is -1.39. The molecular weight excluding hydrogens is 252 g/mol. The molecule has 0 radical (unpaired) electrons. The van der Waals surface area contributed by atoms with Crippen LogP contribution in [0.15, 0.2) is 42.6 Å². The number of benzene rings is 1. The fourth-order valence-corrected chi connectivity index (χ4v) is 2.01. The quantitative estimate of drug-likeness (QED) is 0.640. The van der Waals surface area contributed by atoms with E-state index < -0.39 is 11.9 Å². The van der Waals surface area contributed by atoms with Crippen molar-refractivity contribution in [2.75, 3.05) is 0 Å². The molecular formula is C15H13FLiNO2. The van der Waals surface area contributed by atoms with Gasteiger partial charge in [-0.15, -0.1) is 0 Å². The molecule has 0 fully saturated rings. The maximum atomic E-state index is 12.8. The summed E-state index contributed by atoms with van der Waals surface area (Å²) in [5, 5.41) is 11.3. The molecule has 1 heterocycles. The van der Waals surface area contributed by atoms with Crippen molar-refractivity contribution in [3.05, 3.63) is 65.2 Å². The minimum absolute atomic E-state index is 0. The van der Waals surface area contributed by atoms with E-state index in [1.54, 1.807) is 24.4 Å². The van der Waals surface area contributed by atoms with Crippen LogP contribution in [0, 0.1) is 12.7 Å². The minimum Gasteiger partial charge on any atom is -0.549 e. The van der Waals surface area contributed by atoms with Crippen molar-refractivity contribution < 1.29 is 33.2 Å². The van der Waals surface area contributed by atoms with E-state index in [1.807, 2.05) is 13.0 Å². The largest absolute Gasteiger partial charge is 1.00 e. The number of aryl methyl sites for hydroxylation is 1. The zero-order valence-corrected chi connectivity index (χ0v) is 11.5. The molecule has 0 bridgehead atoms. The summed E-state index contributed by atoms with van der Waals surface area (Å²) >= 11 is 0. The van der Waals surface area contributed by atoms with E-state index in [4.69, 9.17) is 0 Å². The van der Waals surface area contributed by atoms with Gasteiger partial charge in [0.1, 0.15) is 5.82 Å².